The highest BCUT2D eigenvalue weighted by Gasteiger charge is 2.15. The summed E-state index contributed by atoms with van der Waals surface area (Å²) in [5.41, 5.74) is 1.04. The lowest BCUT2D eigenvalue weighted by molar-refractivity contribution is 0.0752. The zero-order chi connectivity index (χ0) is 14.5. The van der Waals surface area contributed by atoms with Crippen LogP contribution in [0, 0.1) is 0 Å². The van der Waals surface area contributed by atoms with E-state index in [2.05, 4.69) is 4.98 Å². The number of benzene rings is 1. The Balaban J connectivity index is 2.20. The van der Waals surface area contributed by atoms with Crippen LogP contribution in [0.4, 0.5) is 0 Å². The van der Waals surface area contributed by atoms with Crippen LogP contribution < -0.4 is 5.56 Å². The highest BCUT2D eigenvalue weighted by atomic mass is 35.5. The largest absolute Gasteiger partial charge is 0.335 e. The van der Waals surface area contributed by atoms with Crippen molar-refractivity contribution in [3.05, 3.63) is 69.1 Å². The number of hydrogen-bond acceptors (Lipinski definition) is 2. The van der Waals surface area contributed by atoms with Crippen molar-refractivity contribution in [1.82, 2.24) is 9.88 Å². The van der Waals surface area contributed by atoms with E-state index in [1.807, 2.05) is 37.3 Å². The van der Waals surface area contributed by atoms with Gasteiger partial charge in [-0.25, -0.2) is 0 Å². The number of nitrogens with one attached hydrogen (secondary N) is 1. The molecule has 2 rings (SSSR count). The number of carbonyl (C=O) groups is 1. The maximum atomic E-state index is 12.4. The number of pyridine rings is 1. The molecule has 2 aromatic rings. The molecule has 0 unspecified atom stereocenters. The molecular weight excluding hydrogens is 276 g/mol. The smallest absolute Gasteiger partial charge is 0.266 e. The minimum absolute atomic E-state index is 0.0200. The summed E-state index contributed by atoms with van der Waals surface area (Å²) in [6.07, 6.45) is 1.39. The van der Waals surface area contributed by atoms with Gasteiger partial charge in [-0.2, -0.15) is 0 Å². The lowest BCUT2D eigenvalue weighted by Gasteiger charge is -2.21. The van der Waals surface area contributed by atoms with Crippen molar-refractivity contribution in [2.45, 2.75) is 13.5 Å². The fourth-order valence-electron chi connectivity index (χ4n) is 1.89. The first-order valence-electron chi connectivity index (χ1n) is 6.33. The molecular formula is C15H15ClN2O2. The molecule has 0 radical (unpaired) electrons. The molecule has 4 nitrogen and oxygen atoms in total. The summed E-state index contributed by atoms with van der Waals surface area (Å²) in [4.78, 5) is 27.8. The van der Waals surface area contributed by atoms with Crippen LogP contribution in [0.3, 0.4) is 0 Å². The Morgan fingerprint density at radius 3 is 2.60 bits per heavy atom. The van der Waals surface area contributed by atoms with Gasteiger partial charge < -0.3 is 9.88 Å². The quantitative estimate of drug-likeness (QED) is 0.941. The van der Waals surface area contributed by atoms with E-state index in [-0.39, 0.29) is 10.9 Å². The maximum absolute atomic E-state index is 12.4. The summed E-state index contributed by atoms with van der Waals surface area (Å²) in [5, 5.41) is 0.0200. The van der Waals surface area contributed by atoms with Gasteiger partial charge in [-0.3, -0.25) is 9.59 Å². The Kier molecular flexibility index (Phi) is 4.58. The third-order valence-electron chi connectivity index (χ3n) is 2.99. The lowest BCUT2D eigenvalue weighted by atomic mass is 10.2. The van der Waals surface area contributed by atoms with Gasteiger partial charge in [0.15, 0.2) is 0 Å². The summed E-state index contributed by atoms with van der Waals surface area (Å²) in [6, 6.07) is 11.1. The number of hydrogen-bond donors (Lipinski definition) is 1. The zero-order valence-electron chi connectivity index (χ0n) is 11.1. The molecule has 0 aliphatic rings. The van der Waals surface area contributed by atoms with Crippen molar-refractivity contribution in [3.8, 4) is 0 Å². The fraction of sp³-hybridized carbons (Fsp3) is 0.200. The second-order valence-corrected chi connectivity index (χ2v) is 4.78. The third-order valence-corrected chi connectivity index (χ3v) is 3.27. The fourth-order valence-corrected chi connectivity index (χ4v) is 2.07. The lowest BCUT2D eigenvalue weighted by Crippen LogP contribution is -2.30. The highest BCUT2D eigenvalue weighted by Crippen LogP contribution is 2.11. The number of rotatable bonds is 4. The molecule has 1 aromatic heterocycles. The number of carbonyl (C=O) groups excluding carboxylic acids is 1. The second kappa shape index (κ2) is 6.39. The van der Waals surface area contributed by atoms with Crippen molar-refractivity contribution in [1.29, 1.82) is 0 Å². The third kappa shape index (κ3) is 3.27. The number of amides is 1. The van der Waals surface area contributed by atoms with E-state index >= 15 is 0 Å². The van der Waals surface area contributed by atoms with Crippen LogP contribution in [0.25, 0.3) is 0 Å². The van der Waals surface area contributed by atoms with Crippen LogP contribution in [0.15, 0.2) is 47.4 Å². The predicted molar refractivity (Wildman–Crippen MR) is 78.9 cm³/mol. The summed E-state index contributed by atoms with van der Waals surface area (Å²) >= 11 is 5.75. The van der Waals surface area contributed by atoms with Crippen LogP contribution in [-0.4, -0.2) is 22.3 Å². The monoisotopic (exact) mass is 290 g/mol. The Hall–Kier alpha value is -2.07. The van der Waals surface area contributed by atoms with E-state index in [1.165, 1.54) is 12.3 Å². The van der Waals surface area contributed by atoms with E-state index in [4.69, 9.17) is 11.6 Å². The van der Waals surface area contributed by atoms with Crippen LogP contribution >= 0.6 is 11.6 Å². The van der Waals surface area contributed by atoms with Gasteiger partial charge in [0, 0.05) is 19.3 Å². The van der Waals surface area contributed by atoms with Crippen LogP contribution in [-0.2, 0) is 6.54 Å². The Labute approximate surface area is 122 Å². The summed E-state index contributed by atoms with van der Waals surface area (Å²) in [5.74, 6) is -0.158. The Morgan fingerprint density at radius 2 is 2.00 bits per heavy atom. The molecule has 0 aliphatic carbocycles. The number of aromatic amines is 1. The molecule has 1 heterocycles. The minimum atomic E-state index is -0.394. The van der Waals surface area contributed by atoms with E-state index in [0.29, 0.717) is 18.7 Å². The summed E-state index contributed by atoms with van der Waals surface area (Å²) in [6.45, 7) is 3.01. The van der Waals surface area contributed by atoms with E-state index in [0.717, 1.165) is 5.56 Å². The van der Waals surface area contributed by atoms with Gasteiger partial charge >= 0.3 is 0 Å². The van der Waals surface area contributed by atoms with Crippen molar-refractivity contribution in [2.75, 3.05) is 6.54 Å². The summed E-state index contributed by atoms with van der Waals surface area (Å²) < 4.78 is 0. The molecule has 0 fully saturated rings. The molecule has 1 amide bonds. The first kappa shape index (κ1) is 14.3. The number of halogens is 1. The molecule has 0 atom stereocenters. The van der Waals surface area contributed by atoms with Gasteiger partial charge in [-0.15, -0.1) is 0 Å². The Bertz CT molecular complexity index is 652. The average Bonchev–Trinajstić information content (AvgIpc) is 2.48. The van der Waals surface area contributed by atoms with Gasteiger partial charge in [0.05, 0.1) is 5.56 Å². The van der Waals surface area contributed by atoms with Gasteiger partial charge in [-0.05, 0) is 18.6 Å². The van der Waals surface area contributed by atoms with Crippen molar-refractivity contribution >= 4 is 17.5 Å². The summed E-state index contributed by atoms with van der Waals surface area (Å²) in [7, 11) is 0. The standard InChI is InChI=1S/C15H15ClN2O2/c1-2-18(10-11-6-4-3-5-7-11)15(20)12-8-13(16)14(19)17-9-12/h3-9H,2,10H2,1H3,(H,17,19). The molecule has 1 aromatic carbocycles. The van der Waals surface area contributed by atoms with Crippen molar-refractivity contribution < 1.29 is 4.79 Å². The van der Waals surface area contributed by atoms with Gasteiger partial charge in [0.2, 0.25) is 0 Å². The second-order valence-electron chi connectivity index (χ2n) is 4.37. The maximum Gasteiger partial charge on any atom is 0.266 e. The van der Waals surface area contributed by atoms with Crippen molar-refractivity contribution in [2.24, 2.45) is 0 Å². The molecule has 0 bridgehead atoms. The number of H-pyrrole nitrogens is 1. The number of aromatic nitrogens is 1. The van der Waals surface area contributed by atoms with E-state index in [9.17, 15) is 9.59 Å². The molecule has 0 spiro atoms. The van der Waals surface area contributed by atoms with Gasteiger partial charge in [-0.1, -0.05) is 41.9 Å². The minimum Gasteiger partial charge on any atom is -0.335 e. The number of nitrogens with zero attached hydrogens (tertiary/aromatic N) is 1. The highest BCUT2D eigenvalue weighted by molar-refractivity contribution is 6.30. The molecule has 20 heavy (non-hydrogen) atoms. The predicted octanol–water partition coefficient (Wildman–Crippen LogP) is 2.69. The van der Waals surface area contributed by atoms with E-state index in [1.54, 1.807) is 4.90 Å². The van der Waals surface area contributed by atoms with Gasteiger partial charge in [0.25, 0.3) is 11.5 Å². The first-order chi connectivity index (χ1) is 9.61. The average molecular weight is 291 g/mol. The van der Waals surface area contributed by atoms with Crippen LogP contribution in [0.2, 0.25) is 5.02 Å². The first-order valence-corrected chi connectivity index (χ1v) is 6.71. The van der Waals surface area contributed by atoms with Crippen molar-refractivity contribution in [3.63, 3.8) is 0 Å². The topological polar surface area (TPSA) is 53.2 Å². The molecule has 1 N–H and O–H groups in total. The molecule has 0 saturated carbocycles. The van der Waals surface area contributed by atoms with Crippen LogP contribution in [0.1, 0.15) is 22.8 Å². The molecule has 104 valence electrons. The van der Waals surface area contributed by atoms with Crippen LogP contribution in [0.5, 0.6) is 0 Å². The molecule has 0 aliphatic heterocycles. The molecule has 5 heteroatoms. The zero-order valence-corrected chi connectivity index (χ0v) is 11.9. The molecule has 0 saturated heterocycles. The van der Waals surface area contributed by atoms with Gasteiger partial charge in [0.1, 0.15) is 5.02 Å². The Morgan fingerprint density at radius 1 is 1.30 bits per heavy atom. The normalized spacial score (nSPS) is 10.3. The van der Waals surface area contributed by atoms with E-state index < -0.39 is 5.56 Å². The SMILES string of the molecule is CCN(Cc1ccccc1)C(=O)c1c[nH]c(=O)c(Cl)c1.